The average molecular weight is 414 g/mol. The maximum atomic E-state index is 12.1. The summed E-state index contributed by atoms with van der Waals surface area (Å²) in [4.78, 5) is 22.4. The molecule has 3 aromatic carbocycles. The van der Waals surface area contributed by atoms with Gasteiger partial charge in [-0.15, -0.1) is 0 Å². The van der Waals surface area contributed by atoms with Crippen LogP contribution in [0.1, 0.15) is 26.3 Å². The van der Waals surface area contributed by atoms with Crippen LogP contribution in [0.5, 0.6) is 34.5 Å². The Morgan fingerprint density at radius 3 is 1.80 bits per heavy atom. The number of methoxy groups -OCH3 is 1. The molecule has 156 valence electrons. The first-order chi connectivity index (χ1) is 14.1. The zero-order chi connectivity index (χ0) is 22.4. The molecule has 6 N–H and O–H groups in total. The standard InChI is InChI=1S/C14H12O4.C7H6O5/c1-18-9-6-7-11(13(16)8-9)14(17)10-4-2-3-5-12(10)15;8-4-1-3(7(11)12)2-5(9)6(4)10/h2-8,15-16H,1H3;1-2,8-10H,(H,11,12). The molecular formula is C21H18O9. The largest absolute Gasteiger partial charge is 0.507 e. The second-order valence-electron chi connectivity index (χ2n) is 5.90. The van der Waals surface area contributed by atoms with Crippen LogP contribution in [0, 0.1) is 0 Å². The predicted molar refractivity (Wildman–Crippen MR) is 105 cm³/mol. The smallest absolute Gasteiger partial charge is 0.335 e. The quantitative estimate of drug-likeness (QED) is 0.278. The fraction of sp³-hybridized carbons (Fsp3) is 0.0476. The summed E-state index contributed by atoms with van der Waals surface area (Å²) in [7, 11) is 1.47. The number of phenols is 5. The summed E-state index contributed by atoms with van der Waals surface area (Å²) >= 11 is 0. The maximum Gasteiger partial charge on any atom is 0.335 e. The van der Waals surface area contributed by atoms with Crippen LogP contribution in [0.15, 0.2) is 54.6 Å². The third kappa shape index (κ3) is 4.90. The fourth-order valence-electron chi connectivity index (χ4n) is 2.37. The Labute approximate surface area is 170 Å². The summed E-state index contributed by atoms with van der Waals surface area (Å²) < 4.78 is 4.94. The van der Waals surface area contributed by atoms with E-state index in [0.717, 1.165) is 12.1 Å². The monoisotopic (exact) mass is 414 g/mol. The highest BCUT2D eigenvalue weighted by Crippen LogP contribution is 2.35. The van der Waals surface area contributed by atoms with Crippen molar-refractivity contribution in [3.63, 3.8) is 0 Å². The van der Waals surface area contributed by atoms with Gasteiger partial charge in [0.05, 0.1) is 23.8 Å². The molecule has 0 saturated heterocycles. The summed E-state index contributed by atoms with van der Waals surface area (Å²) in [5.74, 6) is -3.60. The number of phenolic OH excluding ortho intramolecular Hbond substituents is 5. The van der Waals surface area contributed by atoms with Crippen molar-refractivity contribution in [3.05, 3.63) is 71.3 Å². The number of carbonyl (C=O) groups excluding carboxylic acids is 1. The molecule has 0 bridgehead atoms. The second-order valence-corrected chi connectivity index (χ2v) is 5.90. The zero-order valence-electron chi connectivity index (χ0n) is 15.6. The van der Waals surface area contributed by atoms with E-state index in [9.17, 15) is 19.8 Å². The molecule has 0 amide bonds. The number of hydrogen-bond donors (Lipinski definition) is 6. The van der Waals surface area contributed by atoms with Crippen LogP contribution in [0.3, 0.4) is 0 Å². The number of carbonyl (C=O) groups is 2. The van der Waals surface area contributed by atoms with Gasteiger partial charge in [0, 0.05) is 6.07 Å². The minimum atomic E-state index is -1.29. The third-order valence-corrected chi connectivity index (χ3v) is 3.91. The van der Waals surface area contributed by atoms with Crippen LogP contribution in [0.25, 0.3) is 0 Å². The fourth-order valence-corrected chi connectivity index (χ4v) is 2.37. The summed E-state index contributed by atoms with van der Waals surface area (Å²) in [6.45, 7) is 0. The number of para-hydroxylation sites is 1. The van der Waals surface area contributed by atoms with Gasteiger partial charge in [0.2, 0.25) is 0 Å². The summed E-state index contributed by atoms with van der Waals surface area (Å²) in [5, 5.41) is 54.3. The number of carboxylic acid groups (broad SMARTS) is 1. The molecule has 3 aromatic rings. The van der Waals surface area contributed by atoms with Crippen LogP contribution in [-0.2, 0) is 0 Å². The van der Waals surface area contributed by atoms with Gasteiger partial charge in [0.15, 0.2) is 23.0 Å². The van der Waals surface area contributed by atoms with Gasteiger partial charge < -0.3 is 35.4 Å². The first kappa shape index (κ1) is 21.9. The van der Waals surface area contributed by atoms with Crippen molar-refractivity contribution in [1.82, 2.24) is 0 Å². The summed E-state index contributed by atoms with van der Waals surface area (Å²) in [6.07, 6.45) is 0. The number of benzene rings is 3. The van der Waals surface area contributed by atoms with Crippen molar-refractivity contribution in [2.75, 3.05) is 7.11 Å². The molecular weight excluding hydrogens is 396 g/mol. The van der Waals surface area contributed by atoms with Crippen LogP contribution in [0.2, 0.25) is 0 Å². The molecule has 0 atom stereocenters. The van der Waals surface area contributed by atoms with Gasteiger partial charge in [0.25, 0.3) is 0 Å². The highest BCUT2D eigenvalue weighted by molar-refractivity contribution is 6.12. The number of hydrogen-bond acceptors (Lipinski definition) is 8. The van der Waals surface area contributed by atoms with Crippen molar-refractivity contribution in [3.8, 4) is 34.5 Å². The lowest BCUT2D eigenvalue weighted by atomic mass is 10.0. The molecule has 9 heteroatoms. The molecule has 0 aliphatic carbocycles. The Balaban J connectivity index is 0.000000232. The van der Waals surface area contributed by atoms with E-state index in [0.29, 0.717) is 5.75 Å². The molecule has 0 spiro atoms. The van der Waals surface area contributed by atoms with E-state index in [4.69, 9.17) is 25.2 Å². The highest BCUT2D eigenvalue weighted by atomic mass is 16.5. The minimum absolute atomic E-state index is 0.113. The molecule has 9 nitrogen and oxygen atoms in total. The van der Waals surface area contributed by atoms with Gasteiger partial charge in [-0.3, -0.25) is 4.79 Å². The molecule has 3 rings (SSSR count). The van der Waals surface area contributed by atoms with E-state index in [2.05, 4.69) is 0 Å². The number of carboxylic acids is 1. The number of ether oxygens (including phenoxy) is 1. The predicted octanol–water partition coefficient (Wildman–Crippen LogP) is 2.84. The Kier molecular flexibility index (Phi) is 6.71. The summed E-state index contributed by atoms with van der Waals surface area (Å²) in [5.41, 5.74) is -0.0157. The SMILES string of the molecule is COc1ccc(C(=O)c2ccccc2O)c(O)c1.O=C(O)c1cc(O)c(O)c(O)c1. The van der Waals surface area contributed by atoms with Crippen molar-refractivity contribution in [2.45, 2.75) is 0 Å². The molecule has 0 radical (unpaired) electrons. The third-order valence-electron chi connectivity index (χ3n) is 3.91. The van der Waals surface area contributed by atoms with E-state index >= 15 is 0 Å². The van der Waals surface area contributed by atoms with Crippen LogP contribution in [-0.4, -0.2) is 49.5 Å². The van der Waals surface area contributed by atoms with Gasteiger partial charge in [-0.05, 0) is 36.4 Å². The maximum absolute atomic E-state index is 12.1. The van der Waals surface area contributed by atoms with Gasteiger partial charge in [-0.2, -0.15) is 0 Å². The van der Waals surface area contributed by atoms with Crippen molar-refractivity contribution in [2.24, 2.45) is 0 Å². The second kappa shape index (κ2) is 9.20. The van der Waals surface area contributed by atoms with Crippen LogP contribution in [0.4, 0.5) is 0 Å². The lowest BCUT2D eigenvalue weighted by Crippen LogP contribution is -2.02. The minimum Gasteiger partial charge on any atom is -0.507 e. The molecule has 0 unspecified atom stereocenters. The lowest BCUT2D eigenvalue weighted by Gasteiger charge is -2.07. The first-order valence-electron chi connectivity index (χ1n) is 8.33. The highest BCUT2D eigenvalue weighted by Gasteiger charge is 2.17. The van der Waals surface area contributed by atoms with Gasteiger partial charge in [0.1, 0.15) is 17.2 Å². The Hall–Kier alpha value is -4.40. The number of aromatic hydroxyl groups is 5. The lowest BCUT2D eigenvalue weighted by molar-refractivity contribution is 0.0695. The zero-order valence-corrected chi connectivity index (χ0v) is 15.6. The molecule has 0 aliphatic rings. The Morgan fingerprint density at radius 2 is 1.30 bits per heavy atom. The summed E-state index contributed by atoms with van der Waals surface area (Å²) in [6, 6.07) is 12.3. The van der Waals surface area contributed by atoms with Crippen molar-refractivity contribution >= 4 is 11.8 Å². The normalized spacial score (nSPS) is 9.90. The molecule has 0 saturated carbocycles. The molecule has 0 heterocycles. The van der Waals surface area contributed by atoms with E-state index < -0.39 is 29.0 Å². The van der Waals surface area contributed by atoms with Crippen LogP contribution >= 0.6 is 0 Å². The number of rotatable bonds is 4. The van der Waals surface area contributed by atoms with E-state index in [1.165, 1.54) is 31.4 Å². The Morgan fingerprint density at radius 1 is 0.733 bits per heavy atom. The topological polar surface area (TPSA) is 165 Å². The molecule has 0 aromatic heterocycles. The average Bonchev–Trinajstić information content (AvgIpc) is 2.71. The van der Waals surface area contributed by atoms with Gasteiger partial charge in [-0.25, -0.2) is 4.79 Å². The molecule has 30 heavy (non-hydrogen) atoms. The molecule has 0 fully saturated rings. The van der Waals surface area contributed by atoms with E-state index in [1.54, 1.807) is 18.2 Å². The van der Waals surface area contributed by atoms with Crippen LogP contribution < -0.4 is 4.74 Å². The van der Waals surface area contributed by atoms with E-state index in [1.807, 2.05) is 0 Å². The van der Waals surface area contributed by atoms with Gasteiger partial charge >= 0.3 is 5.97 Å². The molecule has 0 aliphatic heterocycles. The van der Waals surface area contributed by atoms with Crippen molar-refractivity contribution in [1.29, 1.82) is 0 Å². The van der Waals surface area contributed by atoms with Crippen molar-refractivity contribution < 1.29 is 45.0 Å². The van der Waals surface area contributed by atoms with Gasteiger partial charge in [-0.1, -0.05) is 12.1 Å². The number of ketones is 1. The first-order valence-corrected chi connectivity index (χ1v) is 8.33. The Bertz CT molecular complexity index is 1070. The number of aromatic carboxylic acids is 1. The van der Waals surface area contributed by atoms with E-state index in [-0.39, 0.29) is 28.2 Å².